The van der Waals surface area contributed by atoms with Crippen LogP contribution >= 0.6 is 0 Å². The molecule has 2 atom stereocenters. The van der Waals surface area contributed by atoms with Gasteiger partial charge in [-0.05, 0) is 32.9 Å². The Bertz CT molecular complexity index is 369. The van der Waals surface area contributed by atoms with Crippen LogP contribution in [-0.4, -0.2) is 18.8 Å². The largest absolute Gasteiger partial charge is 0.374 e. The van der Waals surface area contributed by atoms with E-state index in [1.54, 1.807) is 6.07 Å². The van der Waals surface area contributed by atoms with Gasteiger partial charge in [0.25, 0.3) is 0 Å². The number of ether oxygens (including phenoxy) is 1. The van der Waals surface area contributed by atoms with Gasteiger partial charge in [-0.1, -0.05) is 32.0 Å². The molecular formula is C15H24FNO. The summed E-state index contributed by atoms with van der Waals surface area (Å²) in [6, 6.07) is 6.78. The van der Waals surface area contributed by atoms with E-state index in [1.807, 2.05) is 32.9 Å². The van der Waals surface area contributed by atoms with Crippen LogP contribution < -0.4 is 5.32 Å². The highest BCUT2D eigenvalue weighted by atomic mass is 19.1. The smallest absolute Gasteiger partial charge is 0.128 e. The van der Waals surface area contributed by atoms with Crippen molar-refractivity contribution in [1.29, 1.82) is 0 Å². The van der Waals surface area contributed by atoms with Crippen molar-refractivity contribution in [2.75, 3.05) is 13.2 Å². The van der Waals surface area contributed by atoms with Crippen molar-refractivity contribution in [1.82, 2.24) is 5.32 Å². The molecule has 0 radical (unpaired) electrons. The van der Waals surface area contributed by atoms with E-state index >= 15 is 0 Å². The minimum Gasteiger partial charge on any atom is -0.374 e. The molecule has 0 bridgehead atoms. The predicted molar refractivity (Wildman–Crippen MR) is 73.1 cm³/mol. The Morgan fingerprint density at radius 1 is 1.28 bits per heavy atom. The Hall–Kier alpha value is -0.930. The summed E-state index contributed by atoms with van der Waals surface area (Å²) in [4.78, 5) is 0. The lowest BCUT2D eigenvalue weighted by Gasteiger charge is -2.37. The maximum atomic E-state index is 14.0. The molecule has 0 saturated carbocycles. The topological polar surface area (TPSA) is 21.3 Å². The number of rotatable bonds is 7. The molecule has 18 heavy (non-hydrogen) atoms. The summed E-state index contributed by atoms with van der Waals surface area (Å²) in [5.41, 5.74) is 0.282. The van der Waals surface area contributed by atoms with Crippen molar-refractivity contribution in [2.45, 2.75) is 45.8 Å². The highest BCUT2D eigenvalue weighted by Crippen LogP contribution is 2.33. The van der Waals surface area contributed by atoms with Gasteiger partial charge in [0.2, 0.25) is 0 Å². The van der Waals surface area contributed by atoms with E-state index in [9.17, 15) is 4.39 Å². The highest BCUT2D eigenvalue weighted by molar-refractivity contribution is 5.24. The van der Waals surface area contributed by atoms with Crippen LogP contribution in [0.15, 0.2) is 24.3 Å². The molecule has 3 heteroatoms. The summed E-state index contributed by atoms with van der Waals surface area (Å²) in [6.45, 7) is 9.51. The van der Waals surface area contributed by atoms with E-state index in [0.717, 1.165) is 13.0 Å². The molecule has 0 amide bonds. The average Bonchev–Trinajstić information content (AvgIpc) is 2.37. The summed E-state index contributed by atoms with van der Waals surface area (Å²) < 4.78 is 19.8. The van der Waals surface area contributed by atoms with Crippen molar-refractivity contribution in [3.8, 4) is 0 Å². The maximum absolute atomic E-state index is 14.0. The highest BCUT2D eigenvalue weighted by Gasteiger charge is 2.35. The molecule has 2 unspecified atom stereocenters. The Labute approximate surface area is 110 Å². The van der Waals surface area contributed by atoms with Crippen molar-refractivity contribution in [3.63, 3.8) is 0 Å². The zero-order valence-electron chi connectivity index (χ0n) is 11.8. The van der Waals surface area contributed by atoms with Crippen LogP contribution in [-0.2, 0) is 4.74 Å². The van der Waals surface area contributed by atoms with Gasteiger partial charge in [-0.2, -0.15) is 0 Å². The van der Waals surface area contributed by atoms with Crippen LogP contribution in [0, 0.1) is 5.82 Å². The minimum atomic E-state index is -0.396. The van der Waals surface area contributed by atoms with Gasteiger partial charge in [0.1, 0.15) is 5.82 Å². The second-order valence-electron chi connectivity index (χ2n) is 4.61. The van der Waals surface area contributed by atoms with Crippen LogP contribution in [0.4, 0.5) is 4.39 Å². The number of benzene rings is 1. The van der Waals surface area contributed by atoms with E-state index in [2.05, 4.69) is 12.2 Å². The number of hydrogen-bond donors (Lipinski definition) is 1. The lowest BCUT2D eigenvalue weighted by Crippen LogP contribution is -2.44. The zero-order valence-corrected chi connectivity index (χ0v) is 11.8. The minimum absolute atomic E-state index is 0.131. The van der Waals surface area contributed by atoms with Gasteiger partial charge < -0.3 is 10.1 Å². The van der Waals surface area contributed by atoms with Gasteiger partial charge in [0.05, 0.1) is 11.6 Å². The van der Waals surface area contributed by atoms with Crippen LogP contribution in [0.1, 0.15) is 45.7 Å². The third-order valence-electron chi connectivity index (χ3n) is 3.41. The van der Waals surface area contributed by atoms with Gasteiger partial charge >= 0.3 is 0 Å². The molecule has 0 heterocycles. The van der Waals surface area contributed by atoms with Gasteiger partial charge in [0.15, 0.2) is 0 Å². The second-order valence-corrected chi connectivity index (χ2v) is 4.61. The first-order valence-corrected chi connectivity index (χ1v) is 6.70. The molecule has 1 N–H and O–H groups in total. The van der Waals surface area contributed by atoms with Crippen LogP contribution in [0.25, 0.3) is 0 Å². The fraction of sp³-hybridized carbons (Fsp3) is 0.600. The molecular weight excluding hydrogens is 229 g/mol. The van der Waals surface area contributed by atoms with E-state index in [1.165, 1.54) is 6.07 Å². The van der Waals surface area contributed by atoms with Gasteiger partial charge in [0, 0.05) is 12.2 Å². The monoisotopic (exact) mass is 253 g/mol. The Morgan fingerprint density at radius 3 is 2.44 bits per heavy atom. The number of likely N-dealkylation sites (N-methyl/N-ethyl adjacent to an activating group) is 1. The first-order chi connectivity index (χ1) is 8.59. The van der Waals surface area contributed by atoms with E-state index < -0.39 is 5.60 Å². The zero-order chi connectivity index (χ0) is 13.6. The van der Waals surface area contributed by atoms with Crippen molar-refractivity contribution >= 4 is 0 Å². The molecule has 1 rings (SSSR count). The Morgan fingerprint density at radius 2 is 1.94 bits per heavy atom. The molecule has 0 aliphatic carbocycles. The summed E-state index contributed by atoms with van der Waals surface area (Å²) in [6.07, 6.45) is 0.826. The standard InChI is InChI=1S/C15H24FNO/c1-5-15(4,18-7-3)14(17-6-2)12-10-8-9-11-13(12)16/h8-11,14,17H,5-7H2,1-4H3. The summed E-state index contributed by atoms with van der Waals surface area (Å²) in [7, 11) is 0. The van der Waals surface area contributed by atoms with Gasteiger partial charge in [-0.15, -0.1) is 0 Å². The Kier molecular flexibility index (Phi) is 5.76. The van der Waals surface area contributed by atoms with Gasteiger partial charge in [-0.25, -0.2) is 4.39 Å². The quantitative estimate of drug-likeness (QED) is 0.800. The summed E-state index contributed by atoms with van der Waals surface area (Å²) in [5, 5.41) is 3.35. The molecule has 0 aliphatic rings. The molecule has 2 nitrogen and oxygen atoms in total. The second kappa shape index (κ2) is 6.86. The van der Waals surface area contributed by atoms with Crippen LogP contribution in [0.2, 0.25) is 0 Å². The number of hydrogen-bond acceptors (Lipinski definition) is 2. The normalized spacial score (nSPS) is 16.3. The molecule has 0 spiro atoms. The third-order valence-corrected chi connectivity index (χ3v) is 3.41. The maximum Gasteiger partial charge on any atom is 0.128 e. The fourth-order valence-corrected chi connectivity index (χ4v) is 2.29. The number of nitrogens with one attached hydrogen (secondary N) is 1. The lowest BCUT2D eigenvalue weighted by atomic mass is 9.87. The van der Waals surface area contributed by atoms with Crippen LogP contribution in [0.5, 0.6) is 0 Å². The summed E-state index contributed by atoms with van der Waals surface area (Å²) in [5.74, 6) is -0.178. The Balaban J connectivity index is 3.12. The molecule has 0 aromatic heterocycles. The van der Waals surface area contributed by atoms with Gasteiger partial charge in [-0.3, -0.25) is 0 Å². The molecule has 0 fully saturated rings. The van der Waals surface area contributed by atoms with E-state index in [4.69, 9.17) is 4.74 Å². The van der Waals surface area contributed by atoms with Crippen molar-refractivity contribution in [2.24, 2.45) is 0 Å². The lowest BCUT2D eigenvalue weighted by molar-refractivity contribution is -0.0567. The first kappa shape index (κ1) is 15.1. The molecule has 0 aliphatic heterocycles. The van der Waals surface area contributed by atoms with Crippen molar-refractivity contribution in [3.05, 3.63) is 35.6 Å². The van der Waals surface area contributed by atoms with E-state index in [0.29, 0.717) is 12.2 Å². The molecule has 1 aromatic rings. The molecule has 0 saturated heterocycles. The number of halogens is 1. The average molecular weight is 253 g/mol. The SMILES string of the molecule is CCNC(c1ccccc1F)C(C)(CC)OCC. The predicted octanol–water partition coefficient (Wildman–Crippen LogP) is 3.68. The van der Waals surface area contributed by atoms with E-state index in [-0.39, 0.29) is 11.9 Å². The summed E-state index contributed by atoms with van der Waals surface area (Å²) >= 11 is 0. The molecule has 1 aromatic carbocycles. The van der Waals surface area contributed by atoms with Crippen LogP contribution in [0.3, 0.4) is 0 Å². The third kappa shape index (κ3) is 3.30. The first-order valence-electron chi connectivity index (χ1n) is 6.70. The fourth-order valence-electron chi connectivity index (χ4n) is 2.29. The molecule has 102 valence electrons. The van der Waals surface area contributed by atoms with Crippen molar-refractivity contribution < 1.29 is 9.13 Å².